The van der Waals surface area contributed by atoms with Crippen LogP contribution in [0.2, 0.25) is 0 Å². The predicted octanol–water partition coefficient (Wildman–Crippen LogP) is 0.554. The van der Waals surface area contributed by atoms with Crippen LogP contribution >= 0.6 is 0 Å². The minimum Gasteiger partial charge on any atom is -0.314 e. The maximum Gasteiger partial charge on any atom is 0.346 e. The highest BCUT2D eigenvalue weighted by Crippen LogP contribution is 2.43. The van der Waals surface area contributed by atoms with Crippen LogP contribution in [0.3, 0.4) is 0 Å². The molecular formula is C13H18N6O. The van der Waals surface area contributed by atoms with Gasteiger partial charge in [0.2, 0.25) is 0 Å². The Morgan fingerprint density at radius 2 is 2.35 bits per heavy atom. The number of likely N-dealkylation sites (tertiary alicyclic amines) is 2. The van der Waals surface area contributed by atoms with Crippen molar-refractivity contribution in [3.8, 4) is 6.07 Å². The van der Waals surface area contributed by atoms with E-state index in [1.165, 1.54) is 17.3 Å². The topological polar surface area (TPSA) is 78.0 Å². The molecule has 7 nitrogen and oxygen atoms in total. The summed E-state index contributed by atoms with van der Waals surface area (Å²) < 4.78 is 1.24. The van der Waals surface area contributed by atoms with E-state index in [4.69, 9.17) is 0 Å². The summed E-state index contributed by atoms with van der Waals surface area (Å²) in [6, 6.07) is 2.59. The van der Waals surface area contributed by atoms with Crippen molar-refractivity contribution in [1.29, 1.82) is 5.26 Å². The van der Waals surface area contributed by atoms with E-state index >= 15 is 0 Å². The normalized spacial score (nSPS) is 29.7. The fourth-order valence-electron chi connectivity index (χ4n) is 3.24. The first kappa shape index (κ1) is 13.1. The highest BCUT2D eigenvalue weighted by molar-refractivity contribution is 5.78. The summed E-state index contributed by atoms with van der Waals surface area (Å²) in [5.41, 5.74) is -0.345. The molecule has 2 atom stereocenters. The lowest BCUT2D eigenvalue weighted by atomic mass is 9.77. The smallest absolute Gasteiger partial charge is 0.314 e. The molecule has 1 aromatic heterocycles. The number of hydrogen-bond donors (Lipinski definition) is 0. The van der Waals surface area contributed by atoms with Crippen molar-refractivity contribution in [2.24, 2.45) is 5.92 Å². The van der Waals surface area contributed by atoms with Crippen molar-refractivity contribution in [2.75, 3.05) is 19.6 Å². The molecule has 2 fully saturated rings. The third-order valence-electron chi connectivity index (χ3n) is 4.58. The summed E-state index contributed by atoms with van der Waals surface area (Å²) in [4.78, 5) is 20.3. The number of hydrogen-bond acceptors (Lipinski definition) is 5. The number of nitriles is 1. The summed E-state index contributed by atoms with van der Waals surface area (Å²) in [5, 5.41) is 13.3. The molecule has 2 saturated heterocycles. The molecule has 3 rings (SSSR count). The van der Waals surface area contributed by atoms with E-state index < -0.39 is 0 Å². The Labute approximate surface area is 117 Å². The van der Waals surface area contributed by atoms with E-state index in [2.05, 4.69) is 34.9 Å². The number of amides is 1. The van der Waals surface area contributed by atoms with Gasteiger partial charge >= 0.3 is 6.03 Å². The molecule has 2 aliphatic heterocycles. The second-order valence-corrected chi connectivity index (χ2v) is 5.83. The minimum absolute atomic E-state index is 0.133. The fourth-order valence-corrected chi connectivity index (χ4v) is 3.24. The van der Waals surface area contributed by atoms with Crippen LogP contribution in [0.1, 0.15) is 20.3 Å². The lowest BCUT2D eigenvalue weighted by Gasteiger charge is -2.51. The molecule has 2 unspecified atom stereocenters. The molecule has 0 aromatic carbocycles. The summed E-state index contributed by atoms with van der Waals surface area (Å²) in [7, 11) is 0. The van der Waals surface area contributed by atoms with Gasteiger partial charge in [-0.15, -0.1) is 0 Å². The average Bonchev–Trinajstić information content (AvgIpc) is 3.05. The Bertz CT molecular complexity index is 548. The molecule has 20 heavy (non-hydrogen) atoms. The maximum absolute atomic E-state index is 12.4. The predicted molar refractivity (Wildman–Crippen MR) is 70.7 cm³/mol. The highest BCUT2D eigenvalue weighted by atomic mass is 16.2. The van der Waals surface area contributed by atoms with Crippen molar-refractivity contribution in [3.05, 3.63) is 12.7 Å². The van der Waals surface area contributed by atoms with Crippen LogP contribution in [-0.2, 0) is 0 Å². The largest absolute Gasteiger partial charge is 0.346 e. The number of carbonyl (C=O) groups is 1. The molecule has 3 heterocycles. The van der Waals surface area contributed by atoms with Crippen LogP contribution in [0.25, 0.3) is 0 Å². The van der Waals surface area contributed by atoms with Gasteiger partial charge in [0.05, 0.1) is 17.5 Å². The van der Waals surface area contributed by atoms with Crippen molar-refractivity contribution in [1.82, 2.24) is 24.6 Å². The van der Waals surface area contributed by atoms with Gasteiger partial charge in [0.15, 0.2) is 0 Å². The van der Waals surface area contributed by atoms with Crippen molar-refractivity contribution < 1.29 is 4.79 Å². The molecule has 7 heteroatoms. The van der Waals surface area contributed by atoms with Crippen LogP contribution in [-0.4, -0.2) is 61.8 Å². The van der Waals surface area contributed by atoms with Gasteiger partial charge in [-0.05, 0) is 20.3 Å². The van der Waals surface area contributed by atoms with Crippen LogP contribution in [0, 0.1) is 17.2 Å². The van der Waals surface area contributed by atoms with Gasteiger partial charge < -0.3 is 4.90 Å². The van der Waals surface area contributed by atoms with Gasteiger partial charge in [0.25, 0.3) is 0 Å². The highest BCUT2D eigenvalue weighted by Gasteiger charge is 2.58. The Morgan fingerprint density at radius 1 is 1.55 bits per heavy atom. The first-order valence-corrected chi connectivity index (χ1v) is 6.89. The van der Waals surface area contributed by atoms with Gasteiger partial charge in [-0.2, -0.15) is 15.0 Å². The zero-order valence-corrected chi connectivity index (χ0v) is 11.7. The Balaban J connectivity index is 1.85. The first-order chi connectivity index (χ1) is 9.58. The number of rotatable bonds is 1. The summed E-state index contributed by atoms with van der Waals surface area (Å²) in [6.45, 7) is 6.42. The second kappa shape index (κ2) is 4.56. The van der Waals surface area contributed by atoms with E-state index in [1.807, 2.05) is 0 Å². The van der Waals surface area contributed by atoms with Crippen LogP contribution in [0.5, 0.6) is 0 Å². The zero-order chi connectivity index (χ0) is 14.3. The summed E-state index contributed by atoms with van der Waals surface area (Å²) >= 11 is 0. The number of aromatic nitrogens is 3. The van der Waals surface area contributed by atoms with Gasteiger partial charge in [-0.25, -0.2) is 9.78 Å². The van der Waals surface area contributed by atoms with Crippen molar-refractivity contribution in [2.45, 2.75) is 31.8 Å². The van der Waals surface area contributed by atoms with Crippen molar-refractivity contribution >= 4 is 6.03 Å². The summed E-state index contributed by atoms with van der Waals surface area (Å²) in [6.07, 6.45) is 3.64. The molecule has 106 valence electrons. The van der Waals surface area contributed by atoms with Gasteiger partial charge in [-0.1, -0.05) is 0 Å². The summed E-state index contributed by atoms with van der Waals surface area (Å²) in [5.74, 6) is -0.133. The second-order valence-electron chi connectivity index (χ2n) is 5.83. The van der Waals surface area contributed by atoms with E-state index in [9.17, 15) is 10.1 Å². The van der Waals surface area contributed by atoms with Gasteiger partial charge in [-0.3, -0.25) is 4.90 Å². The van der Waals surface area contributed by atoms with E-state index in [0.717, 1.165) is 19.5 Å². The first-order valence-electron chi connectivity index (χ1n) is 6.89. The minimum atomic E-state index is -0.345. The van der Waals surface area contributed by atoms with E-state index in [0.29, 0.717) is 12.6 Å². The molecule has 0 aliphatic carbocycles. The Morgan fingerprint density at radius 3 is 2.85 bits per heavy atom. The Kier molecular flexibility index (Phi) is 2.98. The maximum atomic E-state index is 12.4. The van der Waals surface area contributed by atoms with E-state index in [1.54, 1.807) is 4.90 Å². The van der Waals surface area contributed by atoms with Crippen LogP contribution < -0.4 is 0 Å². The third kappa shape index (κ3) is 1.72. The fraction of sp³-hybridized carbons (Fsp3) is 0.692. The molecule has 0 radical (unpaired) electrons. The van der Waals surface area contributed by atoms with Crippen LogP contribution in [0.15, 0.2) is 12.7 Å². The molecule has 0 N–H and O–H groups in total. The lowest BCUT2D eigenvalue weighted by molar-refractivity contribution is 0.0119. The molecule has 2 aliphatic rings. The standard InChI is InChI=1S/C13H18N6O/c1-10(2)17-6-11(5-14)13(7-17)3-4-18(13)12(20)19-9-15-8-16-19/h8-11H,3-4,6-7H2,1-2H3. The Hall–Kier alpha value is -1.94. The third-order valence-corrected chi connectivity index (χ3v) is 4.58. The van der Waals surface area contributed by atoms with Gasteiger partial charge in [0.1, 0.15) is 12.7 Å². The molecule has 1 amide bonds. The van der Waals surface area contributed by atoms with Crippen molar-refractivity contribution in [3.63, 3.8) is 0 Å². The molecule has 1 spiro atoms. The lowest BCUT2D eigenvalue weighted by Crippen LogP contribution is -2.67. The zero-order valence-electron chi connectivity index (χ0n) is 11.7. The molecule has 1 aromatic rings. The number of nitrogens with zero attached hydrogens (tertiary/aromatic N) is 6. The molecule has 0 bridgehead atoms. The average molecular weight is 274 g/mol. The monoisotopic (exact) mass is 274 g/mol. The number of carbonyl (C=O) groups excluding carboxylic acids is 1. The molecule has 0 saturated carbocycles. The van der Waals surface area contributed by atoms with Crippen LogP contribution in [0.4, 0.5) is 4.79 Å². The quantitative estimate of drug-likeness (QED) is 0.747. The molecular weight excluding hydrogens is 256 g/mol. The SMILES string of the molecule is CC(C)N1CC(C#N)C2(CCN2C(=O)n2cncn2)C1. The van der Waals surface area contributed by atoms with Gasteiger partial charge in [0, 0.05) is 25.7 Å². The van der Waals surface area contributed by atoms with E-state index in [-0.39, 0.29) is 17.5 Å².